The molecular weight excluding hydrogens is 286 g/mol. The molecule has 1 heterocycles. The summed E-state index contributed by atoms with van der Waals surface area (Å²) in [6.07, 6.45) is 7.87. The van der Waals surface area contributed by atoms with E-state index in [2.05, 4.69) is 17.7 Å². The van der Waals surface area contributed by atoms with Crippen molar-refractivity contribution >= 4 is 29.2 Å². The average Bonchev–Trinajstić information content (AvgIpc) is 2.90. The predicted octanol–water partition coefficient (Wildman–Crippen LogP) is 3.82. The van der Waals surface area contributed by atoms with Crippen LogP contribution in [0.15, 0.2) is 24.4 Å². The van der Waals surface area contributed by atoms with Gasteiger partial charge in [-0.1, -0.05) is 19.3 Å². The first kappa shape index (κ1) is 14.4. The van der Waals surface area contributed by atoms with Crippen LogP contribution in [-0.4, -0.2) is 20.5 Å². The molecule has 1 aliphatic carbocycles. The van der Waals surface area contributed by atoms with Crippen LogP contribution in [0.3, 0.4) is 0 Å². The second kappa shape index (κ2) is 5.67. The molecule has 0 atom stereocenters. The minimum Gasteiger partial charge on any atom is -0.264 e. The summed E-state index contributed by atoms with van der Waals surface area (Å²) < 4.78 is 1.92. The van der Waals surface area contributed by atoms with Gasteiger partial charge >= 0.3 is 0 Å². The molecule has 0 amide bonds. The van der Waals surface area contributed by atoms with Gasteiger partial charge in [-0.2, -0.15) is 17.7 Å². The number of nitro benzene ring substituents is 1. The third-order valence-corrected chi connectivity index (χ3v) is 5.24. The minimum absolute atomic E-state index is 0.118. The third-order valence-electron chi connectivity index (χ3n) is 4.57. The number of fused-ring (bicyclic) bond motifs is 1. The van der Waals surface area contributed by atoms with E-state index in [4.69, 9.17) is 0 Å². The summed E-state index contributed by atoms with van der Waals surface area (Å²) >= 11 is 4.56. The van der Waals surface area contributed by atoms with E-state index in [-0.39, 0.29) is 16.0 Å². The summed E-state index contributed by atoms with van der Waals surface area (Å²) in [5.74, 6) is 0.837. The topological polar surface area (TPSA) is 61.0 Å². The lowest BCUT2D eigenvalue weighted by Crippen LogP contribution is -2.31. The van der Waals surface area contributed by atoms with Crippen LogP contribution in [0.2, 0.25) is 0 Å². The number of hydrogen-bond donors (Lipinski definition) is 1. The van der Waals surface area contributed by atoms with Crippen molar-refractivity contribution in [3.05, 3.63) is 34.5 Å². The molecule has 1 fully saturated rings. The Morgan fingerprint density at radius 2 is 2.10 bits per heavy atom. The molecule has 3 rings (SSSR count). The van der Waals surface area contributed by atoms with E-state index >= 15 is 0 Å². The largest absolute Gasteiger partial charge is 0.271 e. The molecule has 2 aromatic rings. The van der Waals surface area contributed by atoms with E-state index < -0.39 is 0 Å². The number of nitrogens with zero attached hydrogens (tertiary/aromatic N) is 3. The summed E-state index contributed by atoms with van der Waals surface area (Å²) in [7, 11) is 0. The molecule has 1 saturated carbocycles. The maximum Gasteiger partial charge on any atom is 0.271 e. The van der Waals surface area contributed by atoms with Crippen LogP contribution in [0.4, 0.5) is 5.69 Å². The third kappa shape index (κ3) is 2.77. The number of non-ortho nitro benzene ring substituents is 1. The molecular formula is C15H19N3O2S. The lowest BCUT2D eigenvalue weighted by Gasteiger charge is -2.36. The molecule has 112 valence electrons. The van der Waals surface area contributed by atoms with E-state index in [0.717, 1.165) is 36.0 Å². The lowest BCUT2D eigenvalue weighted by atomic mass is 9.75. The van der Waals surface area contributed by atoms with Crippen LogP contribution < -0.4 is 0 Å². The fourth-order valence-corrected chi connectivity index (χ4v) is 3.70. The van der Waals surface area contributed by atoms with Crippen molar-refractivity contribution in [3.8, 4) is 0 Å². The predicted molar refractivity (Wildman–Crippen MR) is 85.8 cm³/mol. The van der Waals surface area contributed by atoms with Crippen molar-refractivity contribution in [2.24, 2.45) is 5.41 Å². The zero-order chi connectivity index (χ0) is 14.9. The summed E-state index contributed by atoms with van der Waals surface area (Å²) in [5, 5.41) is 16.3. The van der Waals surface area contributed by atoms with Crippen LogP contribution in [-0.2, 0) is 6.54 Å². The van der Waals surface area contributed by atoms with Crippen molar-refractivity contribution in [2.75, 3.05) is 5.75 Å². The maximum absolute atomic E-state index is 11.0. The molecule has 0 radical (unpaired) electrons. The van der Waals surface area contributed by atoms with Crippen molar-refractivity contribution in [1.82, 2.24) is 9.78 Å². The number of rotatable bonds is 4. The lowest BCUT2D eigenvalue weighted by molar-refractivity contribution is -0.384. The molecule has 0 unspecified atom stereocenters. The summed E-state index contributed by atoms with van der Waals surface area (Å²) in [4.78, 5) is 10.6. The summed E-state index contributed by atoms with van der Waals surface area (Å²) in [6.45, 7) is 0.793. The zero-order valence-electron chi connectivity index (χ0n) is 11.9. The molecule has 0 saturated heterocycles. The molecule has 1 aliphatic rings. The van der Waals surface area contributed by atoms with Gasteiger partial charge in [0.25, 0.3) is 5.69 Å². The van der Waals surface area contributed by atoms with E-state index in [0.29, 0.717) is 0 Å². The van der Waals surface area contributed by atoms with Crippen LogP contribution in [0.5, 0.6) is 0 Å². The summed E-state index contributed by atoms with van der Waals surface area (Å²) in [6, 6.07) is 4.92. The second-order valence-electron chi connectivity index (χ2n) is 6.02. The van der Waals surface area contributed by atoms with Crippen molar-refractivity contribution in [1.29, 1.82) is 0 Å². The standard InChI is InChI=1S/C15H19N3O2S/c19-18(20)13-5-4-12-9-16-17(14(12)8-13)10-15(11-21)6-2-1-3-7-15/h4-5,8-9,21H,1-3,6-7,10-11H2. The van der Waals surface area contributed by atoms with Crippen LogP contribution in [0.1, 0.15) is 32.1 Å². The van der Waals surface area contributed by atoms with E-state index in [1.165, 1.54) is 25.3 Å². The highest BCUT2D eigenvalue weighted by molar-refractivity contribution is 7.80. The molecule has 0 aliphatic heterocycles. The van der Waals surface area contributed by atoms with Crippen molar-refractivity contribution < 1.29 is 4.92 Å². The van der Waals surface area contributed by atoms with E-state index in [1.54, 1.807) is 18.3 Å². The first-order valence-electron chi connectivity index (χ1n) is 7.34. The monoisotopic (exact) mass is 305 g/mol. The van der Waals surface area contributed by atoms with Gasteiger partial charge < -0.3 is 0 Å². The number of thiol groups is 1. The Balaban J connectivity index is 1.96. The Kier molecular flexibility index (Phi) is 3.89. The Hall–Kier alpha value is -1.56. The first-order chi connectivity index (χ1) is 10.1. The zero-order valence-corrected chi connectivity index (χ0v) is 12.8. The molecule has 0 N–H and O–H groups in total. The van der Waals surface area contributed by atoms with Gasteiger partial charge in [-0.15, -0.1) is 0 Å². The fourth-order valence-electron chi connectivity index (χ4n) is 3.28. The SMILES string of the molecule is O=[N+]([O-])c1ccc2cnn(CC3(CS)CCCCC3)c2c1. The Labute approximate surface area is 128 Å². The average molecular weight is 305 g/mol. The summed E-state index contributed by atoms with van der Waals surface area (Å²) in [5.41, 5.74) is 1.13. The van der Waals surface area contributed by atoms with Gasteiger partial charge in [0.1, 0.15) is 0 Å². The molecule has 5 nitrogen and oxygen atoms in total. The minimum atomic E-state index is -0.355. The van der Waals surface area contributed by atoms with Gasteiger partial charge in [-0.3, -0.25) is 14.8 Å². The van der Waals surface area contributed by atoms with Gasteiger partial charge in [0.2, 0.25) is 0 Å². The Morgan fingerprint density at radius 1 is 1.33 bits per heavy atom. The molecule has 1 aromatic heterocycles. The maximum atomic E-state index is 11.0. The van der Waals surface area contributed by atoms with Gasteiger partial charge in [0.15, 0.2) is 0 Å². The Bertz CT molecular complexity index is 662. The Morgan fingerprint density at radius 3 is 2.76 bits per heavy atom. The van der Waals surface area contributed by atoms with Gasteiger partial charge in [0.05, 0.1) is 16.6 Å². The van der Waals surface area contributed by atoms with Gasteiger partial charge in [-0.05, 0) is 30.1 Å². The number of nitro groups is 1. The van der Waals surface area contributed by atoms with Crippen LogP contribution in [0, 0.1) is 15.5 Å². The highest BCUT2D eigenvalue weighted by Gasteiger charge is 2.32. The highest BCUT2D eigenvalue weighted by atomic mass is 32.1. The molecule has 21 heavy (non-hydrogen) atoms. The van der Waals surface area contributed by atoms with Crippen LogP contribution >= 0.6 is 12.6 Å². The van der Waals surface area contributed by atoms with Crippen molar-refractivity contribution in [3.63, 3.8) is 0 Å². The van der Waals surface area contributed by atoms with E-state index in [9.17, 15) is 10.1 Å². The number of benzene rings is 1. The molecule has 0 bridgehead atoms. The normalized spacial score (nSPS) is 18.0. The van der Waals surface area contributed by atoms with Crippen LogP contribution in [0.25, 0.3) is 10.9 Å². The second-order valence-corrected chi connectivity index (χ2v) is 6.34. The first-order valence-corrected chi connectivity index (χ1v) is 7.98. The van der Waals surface area contributed by atoms with E-state index in [1.807, 2.05) is 4.68 Å². The number of aromatic nitrogens is 2. The quantitative estimate of drug-likeness (QED) is 0.530. The van der Waals surface area contributed by atoms with Gasteiger partial charge in [-0.25, -0.2) is 0 Å². The van der Waals surface area contributed by atoms with Crippen molar-refractivity contribution in [2.45, 2.75) is 38.6 Å². The molecule has 1 aromatic carbocycles. The molecule has 6 heteroatoms. The highest BCUT2D eigenvalue weighted by Crippen LogP contribution is 2.39. The smallest absolute Gasteiger partial charge is 0.264 e. The van der Waals surface area contributed by atoms with Gasteiger partial charge in [0, 0.05) is 24.1 Å². The molecule has 0 spiro atoms. The fraction of sp³-hybridized carbons (Fsp3) is 0.533. The number of hydrogen-bond acceptors (Lipinski definition) is 4.